The van der Waals surface area contributed by atoms with E-state index in [9.17, 15) is 9.90 Å². The van der Waals surface area contributed by atoms with Crippen LogP contribution in [-0.2, 0) is 4.79 Å². The molecule has 0 bridgehead atoms. The number of piperidine rings is 1. The normalized spacial score (nSPS) is 36.5. The van der Waals surface area contributed by atoms with E-state index in [1.807, 2.05) is 0 Å². The van der Waals surface area contributed by atoms with Crippen LogP contribution in [0.3, 0.4) is 0 Å². The highest BCUT2D eigenvalue weighted by Gasteiger charge is 2.69. The minimum atomic E-state index is -0.568. The molecule has 0 amide bonds. The highest BCUT2D eigenvalue weighted by Crippen LogP contribution is 2.69. The Kier molecular flexibility index (Phi) is 2.34. The Morgan fingerprint density at radius 1 is 1.33 bits per heavy atom. The Balaban J connectivity index is 2.12. The first-order chi connectivity index (χ1) is 6.90. The van der Waals surface area contributed by atoms with Crippen molar-refractivity contribution in [2.45, 2.75) is 33.1 Å². The summed E-state index contributed by atoms with van der Waals surface area (Å²) < 4.78 is 0. The maximum Gasteiger partial charge on any atom is 0.310 e. The largest absolute Gasteiger partial charge is 0.481 e. The molecule has 0 spiro atoms. The number of nitrogens with zero attached hydrogens (tertiary/aromatic N) is 1. The Morgan fingerprint density at radius 2 is 1.80 bits per heavy atom. The van der Waals surface area contributed by atoms with Gasteiger partial charge in [-0.1, -0.05) is 13.8 Å². The molecule has 86 valence electrons. The Labute approximate surface area is 91.5 Å². The second kappa shape index (κ2) is 3.21. The van der Waals surface area contributed by atoms with Crippen LogP contribution in [0.1, 0.15) is 33.1 Å². The standard InChI is InChI=1S/C12H21NO2/c1-11(2)8-12(11,10(14)15)9-4-6-13(3)7-5-9/h9H,4-8H2,1-3H3,(H,14,15). The van der Waals surface area contributed by atoms with Crippen molar-refractivity contribution in [2.24, 2.45) is 16.7 Å². The second-order valence-electron chi connectivity index (χ2n) is 5.91. The molecule has 3 heteroatoms. The molecule has 1 aliphatic carbocycles. The molecule has 2 aliphatic rings. The molecule has 15 heavy (non-hydrogen) atoms. The zero-order chi connectivity index (χ0) is 11.3. The number of carboxylic acids is 1. The number of likely N-dealkylation sites (tertiary alicyclic amines) is 1. The molecular weight excluding hydrogens is 190 g/mol. The number of carboxylic acid groups (broad SMARTS) is 1. The zero-order valence-electron chi connectivity index (χ0n) is 9.92. The number of rotatable bonds is 2. The molecule has 0 aromatic rings. The average molecular weight is 211 g/mol. The van der Waals surface area contributed by atoms with E-state index >= 15 is 0 Å². The molecule has 2 fully saturated rings. The van der Waals surface area contributed by atoms with Crippen molar-refractivity contribution in [1.82, 2.24) is 4.90 Å². The fraction of sp³-hybridized carbons (Fsp3) is 0.917. The molecule has 1 heterocycles. The third kappa shape index (κ3) is 1.48. The maximum atomic E-state index is 11.5. The van der Waals surface area contributed by atoms with E-state index in [-0.39, 0.29) is 5.41 Å². The van der Waals surface area contributed by atoms with Crippen molar-refractivity contribution in [2.75, 3.05) is 20.1 Å². The predicted molar refractivity (Wildman–Crippen MR) is 58.7 cm³/mol. The van der Waals surface area contributed by atoms with E-state index < -0.39 is 11.4 Å². The van der Waals surface area contributed by atoms with Gasteiger partial charge in [0.25, 0.3) is 0 Å². The molecule has 0 aromatic carbocycles. The highest BCUT2D eigenvalue weighted by molar-refractivity contribution is 5.80. The molecule has 0 radical (unpaired) electrons. The first kappa shape index (κ1) is 10.9. The predicted octanol–water partition coefficient (Wildman–Crippen LogP) is 1.83. The quantitative estimate of drug-likeness (QED) is 0.757. The van der Waals surface area contributed by atoms with Gasteiger partial charge in [0.2, 0.25) is 0 Å². The number of hydrogen-bond acceptors (Lipinski definition) is 2. The number of aliphatic carboxylic acids is 1. The monoisotopic (exact) mass is 211 g/mol. The van der Waals surface area contributed by atoms with Gasteiger partial charge in [0, 0.05) is 0 Å². The topological polar surface area (TPSA) is 40.5 Å². The van der Waals surface area contributed by atoms with Crippen LogP contribution in [0.15, 0.2) is 0 Å². The van der Waals surface area contributed by atoms with Gasteiger partial charge in [0.1, 0.15) is 0 Å². The van der Waals surface area contributed by atoms with Gasteiger partial charge < -0.3 is 10.0 Å². The fourth-order valence-electron chi connectivity index (χ4n) is 3.39. The smallest absolute Gasteiger partial charge is 0.310 e. The zero-order valence-corrected chi connectivity index (χ0v) is 9.92. The molecule has 0 aromatic heterocycles. The van der Waals surface area contributed by atoms with Crippen LogP contribution in [-0.4, -0.2) is 36.1 Å². The number of carbonyl (C=O) groups is 1. The molecule has 1 saturated heterocycles. The molecule has 3 nitrogen and oxygen atoms in total. The van der Waals surface area contributed by atoms with Crippen molar-refractivity contribution in [3.63, 3.8) is 0 Å². The van der Waals surface area contributed by atoms with Gasteiger partial charge in [-0.3, -0.25) is 4.79 Å². The first-order valence-electron chi connectivity index (χ1n) is 5.82. The van der Waals surface area contributed by atoms with E-state index in [1.54, 1.807) is 0 Å². The molecule has 1 aliphatic heterocycles. The van der Waals surface area contributed by atoms with Gasteiger partial charge >= 0.3 is 5.97 Å². The fourth-order valence-corrected chi connectivity index (χ4v) is 3.39. The Morgan fingerprint density at radius 3 is 2.13 bits per heavy atom. The summed E-state index contributed by atoms with van der Waals surface area (Å²) in [6.45, 7) is 6.30. The third-order valence-electron chi connectivity index (χ3n) is 4.60. The number of hydrogen-bond donors (Lipinski definition) is 1. The van der Waals surface area contributed by atoms with Crippen LogP contribution >= 0.6 is 0 Å². The van der Waals surface area contributed by atoms with E-state index in [0.717, 1.165) is 32.4 Å². The molecule has 2 rings (SSSR count). The summed E-state index contributed by atoms with van der Waals surface area (Å²) in [5.41, 5.74) is -0.395. The Bertz CT molecular complexity index is 279. The minimum absolute atomic E-state index is 0.0133. The van der Waals surface area contributed by atoms with Gasteiger partial charge in [0.15, 0.2) is 0 Å². The summed E-state index contributed by atoms with van der Waals surface area (Å²) in [7, 11) is 2.11. The van der Waals surface area contributed by atoms with Crippen molar-refractivity contribution >= 4 is 5.97 Å². The third-order valence-corrected chi connectivity index (χ3v) is 4.60. The van der Waals surface area contributed by atoms with Gasteiger partial charge in [-0.05, 0) is 50.7 Å². The van der Waals surface area contributed by atoms with E-state index in [0.29, 0.717) is 5.92 Å². The minimum Gasteiger partial charge on any atom is -0.481 e. The summed E-state index contributed by atoms with van der Waals surface area (Å²) in [5, 5.41) is 9.44. The molecular formula is C12H21NO2. The van der Waals surface area contributed by atoms with Crippen LogP contribution in [0.25, 0.3) is 0 Å². The van der Waals surface area contributed by atoms with Crippen molar-refractivity contribution in [3.05, 3.63) is 0 Å². The summed E-state index contributed by atoms with van der Waals surface area (Å²) in [6.07, 6.45) is 2.96. The summed E-state index contributed by atoms with van der Waals surface area (Å²) >= 11 is 0. The highest BCUT2D eigenvalue weighted by atomic mass is 16.4. The van der Waals surface area contributed by atoms with E-state index in [2.05, 4.69) is 25.8 Å². The summed E-state index contributed by atoms with van der Waals surface area (Å²) in [4.78, 5) is 13.8. The Hall–Kier alpha value is -0.570. The average Bonchev–Trinajstić information content (AvgIpc) is 2.72. The summed E-state index contributed by atoms with van der Waals surface area (Å²) in [5.74, 6) is -0.178. The lowest BCUT2D eigenvalue weighted by atomic mass is 9.77. The van der Waals surface area contributed by atoms with Gasteiger partial charge in [-0.2, -0.15) is 0 Å². The lowest BCUT2D eigenvalue weighted by molar-refractivity contribution is -0.148. The summed E-state index contributed by atoms with van der Waals surface area (Å²) in [6, 6.07) is 0. The van der Waals surface area contributed by atoms with Crippen molar-refractivity contribution < 1.29 is 9.90 Å². The van der Waals surface area contributed by atoms with Crippen molar-refractivity contribution in [1.29, 1.82) is 0 Å². The molecule has 1 atom stereocenters. The molecule has 1 saturated carbocycles. The van der Waals surface area contributed by atoms with Gasteiger partial charge in [0.05, 0.1) is 5.41 Å². The molecule has 1 unspecified atom stereocenters. The van der Waals surface area contributed by atoms with Crippen LogP contribution in [0.4, 0.5) is 0 Å². The van der Waals surface area contributed by atoms with Crippen molar-refractivity contribution in [3.8, 4) is 0 Å². The van der Waals surface area contributed by atoms with Gasteiger partial charge in [-0.15, -0.1) is 0 Å². The lowest BCUT2D eigenvalue weighted by Crippen LogP contribution is -2.39. The maximum absolute atomic E-state index is 11.5. The lowest BCUT2D eigenvalue weighted by Gasteiger charge is -2.34. The van der Waals surface area contributed by atoms with Crippen LogP contribution < -0.4 is 0 Å². The van der Waals surface area contributed by atoms with Crippen LogP contribution in [0.2, 0.25) is 0 Å². The first-order valence-corrected chi connectivity index (χ1v) is 5.82. The van der Waals surface area contributed by atoms with E-state index in [4.69, 9.17) is 0 Å². The van der Waals surface area contributed by atoms with Crippen LogP contribution in [0, 0.1) is 16.7 Å². The van der Waals surface area contributed by atoms with Gasteiger partial charge in [-0.25, -0.2) is 0 Å². The van der Waals surface area contributed by atoms with Crippen LogP contribution in [0.5, 0.6) is 0 Å². The SMILES string of the molecule is CN1CCC(C2(C(=O)O)CC2(C)C)CC1. The molecule has 1 N–H and O–H groups in total. The second-order valence-corrected chi connectivity index (χ2v) is 5.91. The van der Waals surface area contributed by atoms with E-state index in [1.165, 1.54) is 0 Å².